The molecular formula is C18H19N3O6. The Morgan fingerprint density at radius 3 is 2.37 bits per heavy atom. The lowest BCUT2D eigenvalue weighted by atomic mass is 10.2. The average molecular weight is 373 g/mol. The van der Waals surface area contributed by atoms with Crippen LogP contribution in [0.25, 0.3) is 0 Å². The lowest BCUT2D eigenvalue weighted by Gasteiger charge is -2.14. The number of hydrazone groups is 1. The summed E-state index contributed by atoms with van der Waals surface area (Å²) in [7, 11) is 2.85. The van der Waals surface area contributed by atoms with Gasteiger partial charge in [-0.15, -0.1) is 0 Å². The number of amides is 2. The molecule has 4 N–H and O–H groups in total. The van der Waals surface area contributed by atoms with Crippen LogP contribution in [0.4, 0.5) is 0 Å². The quantitative estimate of drug-likeness (QED) is 0.468. The van der Waals surface area contributed by atoms with Crippen LogP contribution < -0.4 is 25.4 Å². The Balaban J connectivity index is 2.18. The van der Waals surface area contributed by atoms with Crippen LogP contribution >= 0.6 is 0 Å². The van der Waals surface area contributed by atoms with Gasteiger partial charge >= 0.3 is 0 Å². The number of rotatable bonds is 8. The van der Waals surface area contributed by atoms with E-state index in [1.165, 1.54) is 32.6 Å². The number of benzene rings is 2. The molecule has 0 radical (unpaired) electrons. The van der Waals surface area contributed by atoms with E-state index >= 15 is 0 Å². The number of primary amides is 1. The normalized spacial score (nSPS) is 10.4. The number of carbonyl (C=O) groups is 2. The molecule has 0 saturated carbocycles. The number of methoxy groups -OCH3 is 2. The predicted octanol–water partition coefficient (Wildman–Crippen LogP) is 1.04. The van der Waals surface area contributed by atoms with Crippen molar-refractivity contribution >= 4 is 18.0 Å². The van der Waals surface area contributed by atoms with E-state index in [-0.39, 0.29) is 23.7 Å². The maximum Gasteiger partial charge on any atom is 0.275 e. The van der Waals surface area contributed by atoms with E-state index in [0.29, 0.717) is 17.1 Å². The van der Waals surface area contributed by atoms with E-state index in [0.717, 1.165) is 0 Å². The van der Waals surface area contributed by atoms with Crippen LogP contribution in [-0.2, 0) is 4.79 Å². The summed E-state index contributed by atoms with van der Waals surface area (Å²) in [6, 6.07) is 9.26. The first-order valence-corrected chi connectivity index (χ1v) is 7.74. The van der Waals surface area contributed by atoms with E-state index < -0.39 is 11.8 Å². The lowest BCUT2D eigenvalue weighted by molar-refractivity contribution is -0.120. The van der Waals surface area contributed by atoms with E-state index in [4.69, 9.17) is 19.9 Å². The number of ether oxygens (including phenoxy) is 3. The molecule has 9 heteroatoms. The molecule has 142 valence electrons. The van der Waals surface area contributed by atoms with Crippen molar-refractivity contribution in [2.24, 2.45) is 10.8 Å². The first-order valence-electron chi connectivity index (χ1n) is 7.74. The molecule has 0 aliphatic heterocycles. The fraction of sp³-hybridized carbons (Fsp3) is 0.167. The smallest absolute Gasteiger partial charge is 0.275 e. The van der Waals surface area contributed by atoms with Crippen molar-refractivity contribution in [2.45, 2.75) is 0 Å². The minimum absolute atomic E-state index is 0.0972. The highest BCUT2D eigenvalue weighted by Gasteiger charge is 2.15. The summed E-state index contributed by atoms with van der Waals surface area (Å²) < 4.78 is 15.8. The Morgan fingerprint density at radius 2 is 1.81 bits per heavy atom. The minimum Gasteiger partial charge on any atom is -0.507 e. The maximum absolute atomic E-state index is 12.0. The molecule has 9 nitrogen and oxygen atoms in total. The molecule has 0 saturated heterocycles. The zero-order chi connectivity index (χ0) is 19.8. The van der Waals surface area contributed by atoms with Crippen molar-refractivity contribution in [3.63, 3.8) is 0 Å². The fourth-order valence-electron chi connectivity index (χ4n) is 2.15. The third-order valence-electron chi connectivity index (χ3n) is 3.37. The molecule has 0 fully saturated rings. The molecule has 2 aromatic carbocycles. The first kappa shape index (κ1) is 19.6. The second-order valence-corrected chi connectivity index (χ2v) is 5.23. The lowest BCUT2D eigenvalue weighted by Crippen LogP contribution is -2.20. The highest BCUT2D eigenvalue weighted by atomic mass is 16.5. The Kier molecular flexibility index (Phi) is 6.59. The number of phenolic OH excluding ortho intramolecular Hbond substituents is 1. The monoisotopic (exact) mass is 373 g/mol. The van der Waals surface area contributed by atoms with Gasteiger partial charge in [0.05, 0.1) is 26.0 Å². The van der Waals surface area contributed by atoms with Crippen LogP contribution in [0.5, 0.6) is 23.0 Å². The van der Waals surface area contributed by atoms with Gasteiger partial charge < -0.3 is 25.1 Å². The number of aromatic hydroxyl groups is 1. The van der Waals surface area contributed by atoms with Crippen molar-refractivity contribution in [3.8, 4) is 23.0 Å². The van der Waals surface area contributed by atoms with Gasteiger partial charge in [-0.05, 0) is 24.3 Å². The number of nitrogens with zero attached hydrogens (tertiary/aromatic N) is 1. The van der Waals surface area contributed by atoms with Gasteiger partial charge in [0.25, 0.3) is 11.8 Å². The van der Waals surface area contributed by atoms with Crippen molar-refractivity contribution in [1.82, 2.24) is 5.43 Å². The zero-order valence-corrected chi connectivity index (χ0v) is 14.8. The predicted molar refractivity (Wildman–Crippen MR) is 97.4 cm³/mol. The van der Waals surface area contributed by atoms with Gasteiger partial charge in [-0.2, -0.15) is 5.10 Å². The van der Waals surface area contributed by atoms with Gasteiger partial charge in [0, 0.05) is 5.56 Å². The summed E-state index contributed by atoms with van der Waals surface area (Å²) in [6.45, 7) is -0.337. The van der Waals surface area contributed by atoms with Crippen molar-refractivity contribution < 1.29 is 28.9 Å². The SMILES string of the molecule is COc1cc(/C=N\NC(=O)c2ccccc2O)cc(OC)c1OCC(N)=O. The Bertz CT molecular complexity index is 841. The molecular weight excluding hydrogens is 354 g/mol. The molecule has 0 heterocycles. The Morgan fingerprint density at radius 1 is 1.19 bits per heavy atom. The number of nitrogens with two attached hydrogens (primary N) is 1. The molecule has 27 heavy (non-hydrogen) atoms. The molecule has 2 amide bonds. The summed E-state index contributed by atoms with van der Waals surface area (Å²) >= 11 is 0. The summed E-state index contributed by atoms with van der Waals surface area (Å²) in [5, 5.41) is 13.5. The van der Waals surface area contributed by atoms with E-state index in [1.54, 1.807) is 24.3 Å². The molecule has 2 aromatic rings. The third kappa shape index (κ3) is 5.11. The summed E-state index contributed by atoms with van der Waals surface area (Å²) in [6.07, 6.45) is 1.36. The largest absolute Gasteiger partial charge is 0.507 e. The van der Waals surface area contributed by atoms with Gasteiger partial charge in [-0.3, -0.25) is 9.59 Å². The summed E-state index contributed by atoms with van der Waals surface area (Å²) in [5.41, 5.74) is 8.03. The molecule has 0 aliphatic rings. The molecule has 0 aliphatic carbocycles. The van der Waals surface area contributed by atoms with Gasteiger partial charge in [0.2, 0.25) is 5.75 Å². The van der Waals surface area contributed by atoms with E-state index in [9.17, 15) is 14.7 Å². The number of hydrogen-bond acceptors (Lipinski definition) is 7. The molecule has 2 rings (SSSR count). The molecule has 0 bridgehead atoms. The number of nitrogens with one attached hydrogen (secondary N) is 1. The van der Waals surface area contributed by atoms with Gasteiger partial charge in [-0.25, -0.2) is 5.43 Å². The summed E-state index contributed by atoms with van der Waals surface area (Å²) in [4.78, 5) is 22.9. The topological polar surface area (TPSA) is 132 Å². The number of hydrogen-bond donors (Lipinski definition) is 3. The second kappa shape index (κ2) is 9.09. The zero-order valence-electron chi connectivity index (χ0n) is 14.8. The van der Waals surface area contributed by atoms with Crippen molar-refractivity contribution in [3.05, 3.63) is 47.5 Å². The molecule has 0 atom stereocenters. The second-order valence-electron chi connectivity index (χ2n) is 5.23. The van der Waals surface area contributed by atoms with Crippen molar-refractivity contribution in [1.29, 1.82) is 0 Å². The highest BCUT2D eigenvalue weighted by Crippen LogP contribution is 2.38. The fourth-order valence-corrected chi connectivity index (χ4v) is 2.15. The van der Waals surface area contributed by atoms with Crippen LogP contribution in [0, 0.1) is 0 Å². The van der Waals surface area contributed by atoms with Crippen LogP contribution in [0.1, 0.15) is 15.9 Å². The van der Waals surface area contributed by atoms with Crippen LogP contribution in [0.3, 0.4) is 0 Å². The molecule has 0 aromatic heterocycles. The Hall–Kier alpha value is -3.75. The van der Waals surface area contributed by atoms with E-state index in [2.05, 4.69) is 10.5 Å². The van der Waals surface area contributed by atoms with Gasteiger partial charge in [0.15, 0.2) is 18.1 Å². The third-order valence-corrected chi connectivity index (χ3v) is 3.37. The van der Waals surface area contributed by atoms with Crippen LogP contribution in [0.15, 0.2) is 41.5 Å². The highest BCUT2D eigenvalue weighted by molar-refractivity contribution is 5.97. The molecule has 0 unspecified atom stereocenters. The van der Waals surface area contributed by atoms with Crippen LogP contribution in [-0.4, -0.2) is 44.0 Å². The van der Waals surface area contributed by atoms with Gasteiger partial charge in [-0.1, -0.05) is 12.1 Å². The average Bonchev–Trinajstić information content (AvgIpc) is 2.66. The number of phenols is 1. The standard InChI is InChI=1S/C18H19N3O6/c1-25-14-7-11(8-15(26-2)17(14)27-10-16(19)23)9-20-21-18(24)12-5-3-4-6-13(12)22/h3-9,22H,10H2,1-2H3,(H2,19,23)(H,21,24)/b20-9-. The summed E-state index contributed by atoms with van der Waals surface area (Å²) in [5.74, 6) is -0.548. The van der Waals surface area contributed by atoms with Gasteiger partial charge in [0.1, 0.15) is 5.75 Å². The Labute approximate surface area is 155 Å². The van der Waals surface area contributed by atoms with Crippen molar-refractivity contribution in [2.75, 3.05) is 20.8 Å². The maximum atomic E-state index is 12.0. The van der Waals surface area contributed by atoms with Crippen LogP contribution in [0.2, 0.25) is 0 Å². The minimum atomic E-state index is -0.642. The van der Waals surface area contributed by atoms with E-state index in [1.807, 2.05) is 0 Å². The molecule has 0 spiro atoms. The first-order chi connectivity index (χ1) is 13.0. The number of para-hydroxylation sites is 1. The number of carbonyl (C=O) groups excluding carboxylic acids is 2.